The Labute approximate surface area is 131 Å². The Morgan fingerprint density at radius 3 is 2.91 bits per heavy atom. The number of carbonyl (C=O) groups excluding carboxylic acids is 1. The molecule has 0 spiro atoms. The van der Waals surface area contributed by atoms with Crippen LogP contribution in [0.15, 0.2) is 42.6 Å². The van der Waals surface area contributed by atoms with Crippen LogP contribution in [0.5, 0.6) is 0 Å². The molecule has 2 atom stereocenters. The number of nitrogens with zero attached hydrogens (tertiary/aromatic N) is 2. The van der Waals surface area contributed by atoms with Gasteiger partial charge in [0.15, 0.2) is 0 Å². The molecular formula is C18H23N3O. The highest BCUT2D eigenvalue weighted by Gasteiger charge is 2.39. The standard InChI is InChI=1S/C18H23N3O/c1-2-3-11-21-17(9-10-19-21)20-18(22)13-15-12-16(15)14-7-5-4-6-8-14/h4-10,15-16H,2-3,11-13H2,1H3,(H,20,22)/t15-,16-/m0/s1. The lowest BCUT2D eigenvalue weighted by Gasteiger charge is -2.08. The molecule has 1 N–H and O–H groups in total. The van der Waals surface area contributed by atoms with Crippen molar-refractivity contribution >= 4 is 11.7 Å². The fourth-order valence-corrected chi connectivity index (χ4v) is 2.94. The number of aromatic nitrogens is 2. The lowest BCUT2D eigenvalue weighted by Crippen LogP contribution is -2.16. The maximum absolute atomic E-state index is 12.2. The molecule has 4 nitrogen and oxygen atoms in total. The van der Waals surface area contributed by atoms with Gasteiger partial charge in [0.2, 0.25) is 5.91 Å². The Bertz CT molecular complexity index is 620. The number of carbonyl (C=O) groups is 1. The van der Waals surface area contributed by atoms with Crippen molar-refractivity contribution in [3.63, 3.8) is 0 Å². The van der Waals surface area contributed by atoms with E-state index in [0.29, 0.717) is 18.3 Å². The van der Waals surface area contributed by atoms with Gasteiger partial charge in [-0.15, -0.1) is 0 Å². The van der Waals surface area contributed by atoms with Gasteiger partial charge in [-0.05, 0) is 30.2 Å². The molecule has 1 amide bonds. The molecule has 0 aliphatic heterocycles. The summed E-state index contributed by atoms with van der Waals surface area (Å²) in [4.78, 5) is 12.2. The average molecular weight is 297 g/mol. The molecule has 116 valence electrons. The highest BCUT2D eigenvalue weighted by molar-refractivity contribution is 5.90. The number of hydrogen-bond donors (Lipinski definition) is 1. The fraction of sp³-hybridized carbons (Fsp3) is 0.444. The van der Waals surface area contributed by atoms with Crippen LogP contribution in [-0.4, -0.2) is 15.7 Å². The minimum atomic E-state index is 0.0988. The summed E-state index contributed by atoms with van der Waals surface area (Å²) in [6, 6.07) is 12.3. The van der Waals surface area contributed by atoms with Crippen LogP contribution in [0.3, 0.4) is 0 Å². The predicted octanol–water partition coefficient (Wildman–Crippen LogP) is 3.82. The predicted molar refractivity (Wildman–Crippen MR) is 87.7 cm³/mol. The van der Waals surface area contributed by atoms with Gasteiger partial charge in [0.25, 0.3) is 0 Å². The number of unbranched alkanes of at least 4 members (excludes halogenated alkanes) is 1. The molecule has 1 aliphatic carbocycles. The van der Waals surface area contributed by atoms with Gasteiger partial charge in [-0.1, -0.05) is 43.7 Å². The third kappa shape index (κ3) is 3.56. The normalized spacial score (nSPS) is 19.9. The molecule has 2 aromatic rings. The SMILES string of the molecule is CCCCn1nccc1NC(=O)C[C@@H]1C[C@H]1c1ccccc1. The number of nitrogens with one attached hydrogen (secondary N) is 1. The maximum Gasteiger partial charge on any atom is 0.225 e. The topological polar surface area (TPSA) is 46.9 Å². The highest BCUT2D eigenvalue weighted by atomic mass is 16.1. The van der Waals surface area contributed by atoms with E-state index in [-0.39, 0.29) is 5.91 Å². The third-order valence-corrected chi connectivity index (χ3v) is 4.31. The largest absolute Gasteiger partial charge is 0.311 e. The van der Waals surface area contributed by atoms with Gasteiger partial charge in [0.05, 0.1) is 6.20 Å². The number of hydrogen-bond acceptors (Lipinski definition) is 2. The molecule has 3 rings (SSSR count). The Morgan fingerprint density at radius 2 is 2.14 bits per heavy atom. The van der Waals surface area contributed by atoms with Crippen LogP contribution in [0, 0.1) is 5.92 Å². The molecule has 0 unspecified atom stereocenters. The van der Waals surface area contributed by atoms with E-state index in [2.05, 4.69) is 41.6 Å². The lowest BCUT2D eigenvalue weighted by molar-refractivity contribution is -0.116. The quantitative estimate of drug-likeness (QED) is 0.844. The van der Waals surface area contributed by atoms with Crippen LogP contribution in [0.2, 0.25) is 0 Å². The van der Waals surface area contributed by atoms with Crippen molar-refractivity contribution in [2.45, 2.75) is 45.1 Å². The van der Waals surface area contributed by atoms with E-state index in [1.807, 2.05) is 16.8 Å². The summed E-state index contributed by atoms with van der Waals surface area (Å²) in [7, 11) is 0. The van der Waals surface area contributed by atoms with Crippen LogP contribution >= 0.6 is 0 Å². The van der Waals surface area contributed by atoms with E-state index in [4.69, 9.17) is 0 Å². The molecule has 1 aromatic heterocycles. The molecule has 1 aromatic carbocycles. The first-order chi connectivity index (χ1) is 10.8. The first kappa shape index (κ1) is 14.8. The fourth-order valence-electron chi connectivity index (χ4n) is 2.94. The van der Waals surface area contributed by atoms with Crippen molar-refractivity contribution in [3.05, 3.63) is 48.2 Å². The van der Waals surface area contributed by atoms with E-state index >= 15 is 0 Å². The highest BCUT2D eigenvalue weighted by Crippen LogP contribution is 2.49. The van der Waals surface area contributed by atoms with E-state index in [1.165, 1.54) is 5.56 Å². The Morgan fingerprint density at radius 1 is 1.32 bits per heavy atom. The summed E-state index contributed by atoms with van der Waals surface area (Å²) in [5.41, 5.74) is 1.35. The molecule has 1 heterocycles. The first-order valence-electron chi connectivity index (χ1n) is 8.14. The molecule has 0 radical (unpaired) electrons. The molecule has 1 aliphatic rings. The molecule has 0 saturated heterocycles. The van der Waals surface area contributed by atoms with Gasteiger partial charge in [0.1, 0.15) is 5.82 Å². The lowest BCUT2D eigenvalue weighted by atomic mass is 10.1. The van der Waals surface area contributed by atoms with Crippen LogP contribution in [0.25, 0.3) is 0 Å². The van der Waals surface area contributed by atoms with Crippen molar-refractivity contribution in [1.82, 2.24) is 9.78 Å². The zero-order chi connectivity index (χ0) is 15.4. The van der Waals surface area contributed by atoms with Gasteiger partial charge in [0, 0.05) is 19.0 Å². The number of aryl methyl sites for hydroxylation is 1. The summed E-state index contributed by atoms with van der Waals surface area (Å²) in [5.74, 6) is 1.95. The Balaban J connectivity index is 1.51. The van der Waals surface area contributed by atoms with Crippen molar-refractivity contribution in [3.8, 4) is 0 Å². The maximum atomic E-state index is 12.2. The minimum absolute atomic E-state index is 0.0988. The van der Waals surface area contributed by atoms with Gasteiger partial charge in [-0.25, -0.2) is 4.68 Å². The van der Waals surface area contributed by atoms with E-state index in [9.17, 15) is 4.79 Å². The van der Waals surface area contributed by atoms with Crippen molar-refractivity contribution in [1.29, 1.82) is 0 Å². The van der Waals surface area contributed by atoms with Gasteiger partial charge >= 0.3 is 0 Å². The summed E-state index contributed by atoms with van der Waals surface area (Å²) >= 11 is 0. The van der Waals surface area contributed by atoms with E-state index in [0.717, 1.165) is 31.6 Å². The first-order valence-corrected chi connectivity index (χ1v) is 8.14. The van der Waals surface area contributed by atoms with Crippen LogP contribution in [0.4, 0.5) is 5.82 Å². The number of benzene rings is 1. The second-order valence-corrected chi connectivity index (χ2v) is 6.06. The van der Waals surface area contributed by atoms with E-state index < -0.39 is 0 Å². The van der Waals surface area contributed by atoms with E-state index in [1.54, 1.807) is 6.20 Å². The average Bonchev–Trinajstić information content (AvgIpc) is 3.16. The molecule has 0 bridgehead atoms. The van der Waals surface area contributed by atoms with Crippen LogP contribution in [-0.2, 0) is 11.3 Å². The van der Waals surface area contributed by atoms with Crippen molar-refractivity contribution in [2.75, 3.05) is 5.32 Å². The van der Waals surface area contributed by atoms with Gasteiger partial charge in [-0.2, -0.15) is 5.10 Å². The van der Waals surface area contributed by atoms with Crippen molar-refractivity contribution < 1.29 is 4.79 Å². The summed E-state index contributed by atoms with van der Waals surface area (Å²) in [6.07, 6.45) is 5.65. The molecule has 4 heteroatoms. The Hall–Kier alpha value is -2.10. The van der Waals surface area contributed by atoms with Gasteiger partial charge in [-0.3, -0.25) is 4.79 Å². The third-order valence-electron chi connectivity index (χ3n) is 4.31. The summed E-state index contributed by atoms with van der Waals surface area (Å²) in [6.45, 7) is 3.01. The minimum Gasteiger partial charge on any atom is -0.311 e. The zero-order valence-corrected chi connectivity index (χ0v) is 13.0. The summed E-state index contributed by atoms with van der Waals surface area (Å²) < 4.78 is 1.88. The molecule has 22 heavy (non-hydrogen) atoms. The molecule has 1 saturated carbocycles. The summed E-state index contributed by atoms with van der Waals surface area (Å²) in [5, 5.41) is 7.27. The number of anilines is 1. The van der Waals surface area contributed by atoms with Gasteiger partial charge < -0.3 is 5.32 Å². The molecule has 1 fully saturated rings. The van der Waals surface area contributed by atoms with Crippen LogP contribution < -0.4 is 5.32 Å². The van der Waals surface area contributed by atoms with Crippen molar-refractivity contribution in [2.24, 2.45) is 5.92 Å². The second-order valence-electron chi connectivity index (χ2n) is 6.06. The van der Waals surface area contributed by atoms with Crippen LogP contribution in [0.1, 0.15) is 44.1 Å². The molecular weight excluding hydrogens is 274 g/mol. The zero-order valence-electron chi connectivity index (χ0n) is 13.0. The number of rotatable bonds is 7. The Kier molecular flexibility index (Phi) is 4.56. The monoisotopic (exact) mass is 297 g/mol. The number of amides is 1. The second kappa shape index (κ2) is 6.77. The smallest absolute Gasteiger partial charge is 0.225 e.